The van der Waals surface area contributed by atoms with Gasteiger partial charge >= 0.3 is 0 Å². The molecular weight excluding hydrogens is 254 g/mol. The summed E-state index contributed by atoms with van der Waals surface area (Å²) in [6, 6.07) is 0.354. The third kappa shape index (κ3) is 4.47. The Balaban J connectivity index is 1.57. The Morgan fingerprint density at radius 1 is 1.20 bits per heavy atom. The molecule has 20 heavy (non-hydrogen) atoms. The van der Waals surface area contributed by atoms with Crippen LogP contribution in [0.1, 0.15) is 45.4 Å². The van der Waals surface area contributed by atoms with Gasteiger partial charge in [-0.3, -0.25) is 9.59 Å². The average Bonchev–Trinajstić information content (AvgIpc) is 2.37. The van der Waals surface area contributed by atoms with Gasteiger partial charge < -0.3 is 16.0 Å². The standard InChI is InChI=1S/C15H27N3O2/c1-11(12-9-16-10-12)15(20)17-8-7-14(19)18-13-5-3-2-4-6-13/h11-13,16H,2-10H2,1H3,(H,17,20)(H,18,19). The second-order valence-corrected chi connectivity index (χ2v) is 6.15. The molecule has 0 aromatic carbocycles. The Kier molecular flexibility index (Phi) is 5.83. The molecule has 1 saturated heterocycles. The highest BCUT2D eigenvalue weighted by atomic mass is 16.2. The Bertz CT molecular complexity index is 336. The van der Waals surface area contributed by atoms with E-state index in [2.05, 4.69) is 16.0 Å². The molecule has 2 aliphatic rings. The van der Waals surface area contributed by atoms with Crippen molar-refractivity contribution in [1.29, 1.82) is 0 Å². The minimum atomic E-state index is 0.0395. The van der Waals surface area contributed by atoms with E-state index in [0.29, 0.717) is 24.9 Å². The number of rotatable bonds is 6. The van der Waals surface area contributed by atoms with Gasteiger partial charge in [0.25, 0.3) is 0 Å². The first kappa shape index (κ1) is 15.3. The predicted octanol–water partition coefficient (Wildman–Crippen LogP) is 0.797. The van der Waals surface area contributed by atoms with Gasteiger partial charge in [0.15, 0.2) is 0 Å². The van der Waals surface area contributed by atoms with E-state index in [1.807, 2.05) is 6.92 Å². The molecule has 0 radical (unpaired) electrons. The Hall–Kier alpha value is -1.10. The van der Waals surface area contributed by atoms with Crippen LogP contribution in [0.3, 0.4) is 0 Å². The molecule has 2 fully saturated rings. The maximum atomic E-state index is 11.9. The molecule has 0 aromatic heterocycles. The van der Waals surface area contributed by atoms with Gasteiger partial charge in [0.2, 0.25) is 11.8 Å². The van der Waals surface area contributed by atoms with Gasteiger partial charge in [-0.05, 0) is 31.8 Å². The zero-order valence-electron chi connectivity index (χ0n) is 12.4. The first-order chi connectivity index (χ1) is 9.66. The summed E-state index contributed by atoms with van der Waals surface area (Å²) in [5.74, 6) is 0.626. The number of carbonyl (C=O) groups is 2. The van der Waals surface area contributed by atoms with Crippen molar-refractivity contribution in [1.82, 2.24) is 16.0 Å². The fourth-order valence-electron chi connectivity index (χ4n) is 2.89. The second kappa shape index (κ2) is 7.62. The molecule has 1 saturated carbocycles. The lowest BCUT2D eigenvalue weighted by Gasteiger charge is -2.31. The van der Waals surface area contributed by atoms with Crippen LogP contribution in [0.2, 0.25) is 0 Å². The van der Waals surface area contributed by atoms with Gasteiger partial charge in [-0.1, -0.05) is 26.2 Å². The van der Waals surface area contributed by atoms with Crippen LogP contribution in [0.4, 0.5) is 0 Å². The molecule has 1 atom stereocenters. The summed E-state index contributed by atoms with van der Waals surface area (Å²) in [6.07, 6.45) is 6.31. The molecule has 0 aromatic rings. The maximum absolute atomic E-state index is 11.9. The van der Waals surface area contributed by atoms with Crippen LogP contribution in [0.25, 0.3) is 0 Å². The van der Waals surface area contributed by atoms with Gasteiger partial charge in [0.05, 0.1) is 0 Å². The molecule has 1 aliphatic carbocycles. The Morgan fingerprint density at radius 3 is 2.50 bits per heavy atom. The third-order valence-corrected chi connectivity index (χ3v) is 4.56. The van der Waals surface area contributed by atoms with Crippen molar-refractivity contribution in [2.45, 2.75) is 51.5 Å². The van der Waals surface area contributed by atoms with Crippen molar-refractivity contribution in [3.63, 3.8) is 0 Å². The summed E-state index contributed by atoms with van der Waals surface area (Å²) in [5, 5.41) is 9.11. The topological polar surface area (TPSA) is 70.2 Å². The van der Waals surface area contributed by atoms with Crippen LogP contribution in [0, 0.1) is 11.8 Å². The van der Waals surface area contributed by atoms with Crippen molar-refractivity contribution >= 4 is 11.8 Å². The number of hydrogen-bond acceptors (Lipinski definition) is 3. The molecule has 5 heteroatoms. The lowest BCUT2D eigenvalue weighted by molar-refractivity contribution is -0.127. The summed E-state index contributed by atoms with van der Waals surface area (Å²) in [7, 11) is 0. The molecule has 0 bridgehead atoms. The van der Waals surface area contributed by atoms with E-state index in [0.717, 1.165) is 25.9 Å². The molecule has 1 unspecified atom stereocenters. The Morgan fingerprint density at radius 2 is 1.90 bits per heavy atom. The van der Waals surface area contributed by atoms with Crippen LogP contribution >= 0.6 is 0 Å². The third-order valence-electron chi connectivity index (χ3n) is 4.56. The van der Waals surface area contributed by atoms with E-state index in [1.54, 1.807) is 0 Å². The number of hydrogen-bond donors (Lipinski definition) is 3. The largest absolute Gasteiger partial charge is 0.355 e. The molecule has 114 valence electrons. The summed E-state index contributed by atoms with van der Waals surface area (Å²) in [5.41, 5.74) is 0. The molecule has 1 aliphatic heterocycles. The summed E-state index contributed by atoms with van der Waals surface area (Å²) < 4.78 is 0. The number of carbonyl (C=O) groups excluding carboxylic acids is 2. The highest BCUT2D eigenvalue weighted by molar-refractivity contribution is 5.80. The zero-order chi connectivity index (χ0) is 14.4. The summed E-state index contributed by atoms with van der Waals surface area (Å²) in [6.45, 7) is 4.26. The number of nitrogens with one attached hydrogen (secondary N) is 3. The van der Waals surface area contributed by atoms with Crippen LogP contribution in [0.5, 0.6) is 0 Å². The van der Waals surface area contributed by atoms with Crippen LogP contribution in [-0.2, 0) is 9.59 Å². The van der Waals surface area contributed by atoms with E-state index in [1.165, 1.54) is 19.3 Å². The lowest BCUT2D eigenvalue weighted by Crippen LogP contribution is -2.50. The van der Waals surface area contributed by atoms with Crippen LogP contribution < -0.4 is 16.0 Å². The van der Waals surface area contributed by atoms with Crippen molar-refractivity contribution in [2.24, 2.45) is 11.8 Å². The molecule has 0 spiro atoms. The fraction of sp³-hybridized carbons (Fsp3) is 0.867. The lowest BCUT2D eigenvalue weighted by atomic mass is 9.88. The van der Waals surface area contributed by atoms with Crippen molar-refractivity contribution < 1.29 is 9.59 Å². The average molecular weight is 281 g/mol. The zero-order valence-corrected chi connectivity index (χ0v) is 12.4. The van der Waals surface area contributed by atoms with Gasteiger partial charge in [-0.2, -0.15) is 0 Å². The molecule has 5 nitrogen and oxygen atoms in total. The van der Waals surface area contributed by atoms with Crippen molar-refractivity contribution in [3.8, 4) is 0 Å². The Labute approximate surface area is 121 Å². The van der Waals surface area contributed by atoms with E-state index < -0.39 is 0 Å². The van der Waals surface area contributed by atoms with Crippen LogP contribution in [0.15, 0.2) is 0 Å². The van der Waals surface area contributed by atoms with Crippen molar-refractivity contribution in [2.75, 3.05) is 19.6 Å². The number of amides is 2. The van der Waals surface area contributed by atoms with Crippen LogP contribution in [-0.4, -0.2) is 37.5 Å². The molecule has 2 amide bonds. The minimum absolute atomic E-state index is 0.0395. The molecule has 1 heterocycles. The maximum Gasteiger partial charge on any atom is 0.223 e. The molecular formula is C15H27N3O2. The van der Waals surface area contributed by atoms with E-state index in [4.69, 9.17) is 0 Å². The highest BCUT2D eigenvalue weighted by Gasteiger charge is 2.28. The summed E-state index contributed by atoms with van der Waals surface area (Å²) >= 11 is 0. The van der Waals surface area contributed by atoms with Gasteiger partial charge in [-0.15, -0.1) is 0 Å². The smallest absolute Gasteiger partial charge is 0.223 e. The predicted molar refractivity (Wildman–Crippen MR) is 78.2 cm³/mol. The second-order valence-electron chi connectivity index (χ2n) is 6.15. The molecule has 2 rings (SSSR count). The summed E-state index contributed by atoms with van der Waals surface area (Å²) in [4.78, 5) is 23.7. The van der Waals surface area contributed by atoms with E-state index in [-0.39, 0.29) is 17.7 Å². The van der Waals surface area contributed by atoms with Gasteiger partial charge in [-0.25, -0.2) is 0 Å². The molecule has 3 N–H and O–H groups in total. The fourth-order valence-corrected chi connectivity index (χ4v) is 2.89. The first-order valence-electron chi connectivity index (χ1n) is 7.94. The SMILES string of the molecule is CC(C(=O)NCCC(=O)NC1CCCCC1)C1CNC1. The minimum Gasteiger partial charge on any atom is -0.355 e. The van der Waals surface area contributed by atoms with E-state index in [9.17, 15) is 9.59 Å². The normalized spacial score (nSPS) is 21.9. The monoisotopic (exact) mass is 281 g/mol. The van der Waals surface area contributed by atoms with Gasteiger partial charge in [0.1, 0.15) is 0 Å². The van der Waals surface area contributed by atoms with Gasteiger partial charge in [0, 0.05) is 24.9 Å². The van der Waals surface area contributed by atoms with Crippen molar-refractivity contribution in [3.05, 3.63) is 0 Å². The highest BCUT2D eigenvalue weighted by Crippen LogP contribution is 2.17. The van der Waals surface area contributed by atoms with E-state index >= 15 is 0 Å². The quantitative estimate of drug-likeness (QED) is 0.674. The first-order valence-corrected chi connectivity index (χ1v) is 7.94.